The van der Waals surface area contributed by atoms with Crippen LogP contribution in [0.5, 0.6) is 5.75 Å². The van der Waals surface area contributed by atoms with E-state index in [0.717, 1.165) is 35.4 Å². The van der Waals surface area contributed by atoms with E-state index < -0.39 is 0 Å². The van der Waals surface area contributed by atoms with Gasteiger partial charge in [0.1, 0.15) is 5.75 Å². The Balaban J connectivity index is 2.16. The zero-order valence-corrected chi connectivity index (χ0v) is 17.7. The molecule has 1 aliphatic heterocycles. The standard InChI is InChI=1S/C22H34N2O3/c1-15(2)12-21(25)23-8-7-9-24(11-10-23)22(26)19-14-18(16(3)4)20(27-6)13-17(19)5/h13-16H,7-12H2,1-6H3. The van der Waals surface area contributed by atoms with Gasteiger partial charge in [-0.1, -0.05) is 27.7 Å². The van der Waals surface area contributed by atoms with Crippen molar-refractivity contribution in [3.05, 3.63) is 28.8 Å². The molecule has 0 saturated carbocycles. The first-order valence-corrected chi connectivity index (χ1v) is 10.00. The maximum Gasteiger partial charge on any atom is 0.254 e. The van der Waals surface area contributed by atoms with E-state index in [0.29, 0.717) is 32.0 Å². The number of hydrogen-bond donors (Lipinski definition) is 0. The molecule has 1 aromatic rings. The van der Waals surface area contributed by atoms with Gasteiger partial charge in [-0.05, 0) is 48.4 Å². The van der Waals surface area contributed by atoms with E-state index in [4.69, 9.17) is 4.74 Å². The highest BCUT2D eigenvalue weighted by atomic mass is 16.5. The van der Waals surface area contributed by atoms with Gasteiger partial charge in [0.05, 0.1) is 7.11 Å². The van der Waals surface area contributed by atoms with Gasteiger partial charge in [-0.3, -0.25) is 9.59 Å². The number of carbonyl (C=O) groups is 2. The maximum atomic E-state index is 13.2. The first-order chi connectivity index (χ1) is 12.7. The molecule has 5 nitrogen and oxygen atoms in total. The number of rotatable bonds is 5. The number of methoxy groups -OCH3 is 1. The molecule has 0 N–H and O–H groups in total. The van der Waals surface area contributed by atoms with Crippen LogP contribution in [0.25, 0.3) is 0 Å². The highest BCUT2D eigenvalue weighted by Gasteiger charge is 2.25. The van der Waals surface area contributed by atoms with Crippen LogP contribution in [0.15, 0.2) is 12.1 Å². The molecule has 1 aliphatic rings. The minimum atomic E-state index is 0.0511. The largest absolute Gasteiger partial charge is 0.496 e. The predicted molar refractivity (Wildman–Crippen MR) is 108 cm³/mol. The van der Waals surface area contributed by atoms with Crippen molar-refractivity contribution >= 4 is 11.8 Å². The van der Waals surface area contributed by atoms with E-state index in [-0.39, 0.29) is 17.7 Å². The molecule has 1 fully saturated rings. The van der Waals surface area contributed by atoms with Crippen molar-refractivity contribution in [1.82, 2.24) is 9.80 Å². The lowest BCUT2D eigenvalue weighted by molar-refractivity contribution is -0.131. The van der Waals surface area contributed by atoms with Crippen molar-refractivity contribution in [3.63, 3.8) is 0 Å². The molecule has 1 heterocycles. The third-order valence-electron chi connectivity index (χ3n) is 5.15. The first kappa shape index (κ1) is 21.3. The number of aryl methyl sites for hydroxylation is 1. The molecular formula is C22H34N2O3. The van der Waals surface area contributed by atoms with E-state index in [9.17, 15) is 9.59 Å². The summed E-state index contributed by atoms with van der Waals surface area (Å²) < 4.78 is 5.49. The molecule has 2 amide bonds. The van der Waals surface area contributed by atoms with Crippen LogP contribution in [-0.4, -0.2) is 54.9 Å². The average Bonchev–Trinajstić information content (AvgIpc) is 2.86. The summed E-state index contributed by atoms with van der Waals surface area (Å²) >= 11 is 0. The predicted octanol–water partition coefficient (Wildman–Crippen LogP) is 3.85. The molecule has 1 aromatic carbocycles. The third kappa shape index (κ3) is 5.24. The van der Waals surface area contributed by atoms with Gasteiger partial charge in [0, 0.05) is 38.2 Å². The Labute approximate surface area is 163 Å². The summed E-state index contributed by atoms with van der Waals surface area (Å²) in [5.74, 6) is 1.72. The van der Waals surface area contributed by atoms with E-state index in [2.05, 4.69) is 27.7 Å². The lowest BCUT2D eigenvalue weighted by Gasteiger charge is -2.24. The van der Waals surface area contributed by atoms with Crippen LogP contribution in [0.3, 0.4) is 0 Å². The molecule has 27 heavy (non-hydrogen) atoms. The minimum absolute atomic E-state index is 0.0511. The Morgan fingerprint density at radius 2 is 1.67 bits per heavy atom. The van der Waals surface area contributed by atoms with Gasteiger partial charge < -0.3 is 14.5 Å². The highest BCUT2D eigenvalue weighted by Crippen LogP contribution is 2.30. The normalized spacial score (nSPS) is 15.3. The fourth-order valence-corrected chi connectivity index (χ4v) is 3.58. The third-order valence-corrected chi connectivity index (χ3v) is 5.15. The number of carbonyl (C=O) groups excluding carboxylic acids is 2. The Bertz CT molecular complexity index is 682. The Morgan fingerprint density at radius 3 is 2.26 bits per heavy atom. The summed E-state index contributed by atoms with van der Waals surface area (Å²) in [5.41, 5.74) is 2.72. The maximum absolute atomic E-state index is 13.2. The van der Waals surface area contributed by atoms with Crippen molar-refractivity contribution in [3.8, 4) is 5.75 Å². The quantitative estimate of drug-likeness (QED) is 0.787. The van der Waals surface area contributed by atoms with Crippen molar-refractivity contribution in [1.29, 1.82) is 0 Å². The summed E-state index contributed by atoms with van der Waals surface area (Å²) in [4.78, 5) is 29.3. The topological polar surface area (TPSA) is 49.9 Å². The molecule has 0 aliphatic carbocycles. The zero-order chi connectivity index (χ0) is 20.1. The lowest BCUT2D eigenvalue weighted by atomic mass is 9.95. The summed E-state index contributed by atoms with van der Waals surface area (Å²) in [7, 11) is 1.67. The smallest absolute Gasteiger partial charge is 0.254 e. The SMILES string of the molecule is COc1cc(C)c(C(=O)N2CCCN(C(=O)CC(C)C)CC2)cc1C(C)C. The zero-order valence-electron chi connectivity index (χ0n) is 17.7. The molecule has 150 valence electrons. The molecule has 0 aromatic heterocycles. The van der Waals surface area contributed by atoms with Gasteiger partial charge in [-0.2, -0.15) is 0 Å². The van der Waals surface area contributed by atoms with Crippen LogP contribution in [0.2, 0.25) is 0 Å². The Kier molecular flexibility index (Phi) is 7.28. The second-order valence-electron chi connectivity index (χ2n) is 8.19. The summed E-state index contributed by atoms with van der Waals surface area (Å²) in [6.07, 6.45) is 1.39. The van der Waals surface area contributed by atoms with Gasteiger partial charge >= 0.3 is 0 Å². The van der Waals surface area contributed by atoms with Crippen LogP contribution in [0.4, 0.5) is 0 Å². The number of ether oxygens (including phenoxy) is 1. The fourth-order valence-electron chi connectivity index (χ4n) is 3.58. The molecule has 0 bridgehead atoms. The molecule has 0 unspecified atom stereocenters. The average molecular weight is 375 g/mol. The van der Waals surface area contributed by atoms with Crippen molar-refractivity contribution in [2.75, 3.05) is 33.3 Å². The molecule has 0 spiro atoms. The van der Waals surface area contributed by atoms with Gasteiger partial charge in [0.2, 0.25) is 5.91 Å². The monoisotopic (exact) mass is 374 g/mol. The number of amides is 2. The minimum Gasteiger partial charge on any atom is -0.496 e. The summed E-state index contributed by atoms with van der Waals surface area (Å²) in [6.45, 7) is 12.9. The van der Waals surface area contributed by atoms with E-state index in [1.165, 1.54) is 0 Å². The van der Waals surface area contributed by atoms with Gasteiger partial charge in [0.15, 0.2) is 0 Å². The van der Waals surface area contributed by atoms with Crippen molar-refractivity contribution < 1.29 is 14.3 Å². The second-order valence-corrected chi connectivity index (χ2v) is 8.19. The van der Waals surface area contributed by atoms with Crippen LogP contribution < -0.4 is 4.74 Å². The lowest BCUT2D eigenvalue weighted by Crippen LogP contribution is -2.37. The Morgan fingerprint density at radius 1 is 1.04 bits per heavy atom. The van der Waals surface area contributed by atoms with Crippen LogP contribution in [0.1, 0.15) is 67.9 Å². The van der Waals surface area contributed by atoms with Crippen LogP contribution in [-0.2, 0) is 4.79 Å². The first-order valence-electron chi connectivity index (χ1n) is 10.00. The molecule has 2 rings (SSSR count). The van der Waals surface area contributed by atoms with E-state index in [1.807, 2.05) is 28.9 Å². The van der Waals surface area contributed by atoms with Gasteiger partial charge in [-0.15, -0.1) is 0 Å². The number of nitrogens with zero attached hydrogens (tertiary/aromatic N) is 2. The molecule has 0 radical (unpaired) electrons. The molecule has 5 heteroatoms. The number of benzene rings is 1. The van der Waals surface area contributed by atoms with Crippen LogP contribution in [0, 0.1) is 12.8 Å². The van der Waals surface area contributed by atoms with Crippen molar-refractivity contribution in [2.24, 2.45) is 5.92 Å². The number of hydrogen-bond acceptors (Lipinski definition) is 3. The van der Waals surface area contributed by atoms with Crippen molar-refractivity contribution in [2.45, 2.75) is 53.4 Å². The highest BCUT2D eigenvalue weighted by molar-refractivity contribution is 5.96. The van der Waals surface area contributed by atoms with Crippen LogP contribution >= 0.6 is 0 Å². The van der Waals surface area contributed by atoms with E-state index in [1.54, 1.807) is 7.11 Å². The second kappa shape index (κ2) is 9.25. The molecule has 1 saturated heterocycles. The Hall–Kier alpha value is -2.04. The summed E-state index contributed by atoms with van der Waals surface area (Å²) in [6, 6.07) is 3.94. The van der Waals surface area contributed by atoms with Gasteiger partial charge in [-0.25, -0.2) is 0 Å². The van der Waals surface area contributed by atoms with Gasteiger partial charge in [0.25, 0.3) is 5.91 Å². The fraction of sp³-hybridized carbons (Fsp3) is 0.636. The molecular weight excluding hydrogens is 340 g/mol. The molecule has 0 atom stereocenters. The summed E-state index contributed by atoms with van der Waals surface area (Å²) in [5, 5.41) is 0. The van der Waals surface area contributed by atoms with E-state index >= 15 is 0 Å².